The van der Waals surface area contributed by atoms with Crippen LogP contribution in [-0.4, -0.2) is 61.4 Å². The van der Waals surface area contributed by atoms with Gasteiger partial charge in [-0.2, -0.15) is 10.2 Å². The van der Waals surface area contributed by atoms with Gasteiger partial charge in [-0.1, -0.05) is 78.3 Å². The van der Waals surface area contributed by atoms with Gasteiger partial charge in [-0.3, -0.25) is 9.48 Å². The van der Waals surface area contributed by atoms with E-state index >= 15 is 0 Å². The Balaban J connectivity index is 1.67. The lowest BCUT2D eigenvalue weighted by atomic mass is 9.59. The number of carbonyl (C=O) groups excluding carboxylic acids is 1. The van der Waals surface area contributed by atoms with Crippen molar-refractivity contribution in [3.63, 3.8) is 0 Å². The summed E-state index contributed by atoms with van der Waals surface area (Å²) in [5.41, 5.74) is 6.49. The maximum absolute atomic E-state index is 14.6. The van der Waals surface area contributed by atoms with Crippen molar-refractivity contribution in [3.05, 3.63) is 64.8 Å². The molecular weight excluding hydrogens is 619 g/mol. The number of ether oxygens (including phenoxy) is 2. The highest BCUT2D eigenvalue weighted by Crippen LogP contribution is 2.56. The summed E-state index contributed by atoms with van der Waals surface area (Å²) in [6.45, 7) is 25.1. The minimum Gasteiger partial charge on any atom is -0.361 e. The minimum atomic E-state index is -1.27. The Morgan fingerprint density at radius 2 is 1.57 bits per heavy atom. The van der Waals surface area contributed by atoms with E-state index in [2.05, 4.69) is 114 Å². The van der Waals surface area contributed by atoms with Crippen molar-refractivity contribution in [1.29, 1.82) is 0 Å². The molecule has 0 bridgehead atoms. The smallest absolute Gasteiger partial charge is 0.162 e. The zero-order valence-electron chi connectivity index (χ0n) is 30.8. The van der Waals surface area contributed by atoms with Gasteiger partial charge in [-0.05, 0) is 54.5 Å². The van der Waals surface area contributed by atoms with E-state index in [-0.39, 0.29) is 11.2 Å². The molecule has 256 valence electrons. The molecule has 2 aliphatic rings. The Morgan fingerprint density at radius 1 is 0.915 bits per heavy atom. The number of aromatic nitrogens is 4. The number of fused-ring (bicyclic) bond motifs is 1. The van der Waals surface area contributed by atoms with Crippen LogP contribution in [0.4, 0.5) is 5.82 Å². The molecular formula is C37H57N5O3Si2. The predicted molar refractivity (Wildman–Crippen MR) is 197 cm³/mol. The molecule has 0 fully saturated rings. The van der Waals surface area contributed by atoms with E-state index < -0.39 is 21.6 Å². The molecule has 1 unspecified atom stereocenters. The number of Topliss-reactive ketones (excluding diaryl/α,β-unsaturated/α-hetero) is 1. The fourth-order valence-electron chi connectivity index (χ4n) is 7.16. The number of ketones is 1. The molecule has 0 saturated heterocycles. The van der Waals surface area contributed by atoms with Crippen molar-refractivity contribution in [2.45, 2.75) is 110 Å². The van der Waals surface area contributed by atoms with Crippen LogP contribution in [-0.2, 0) is 33.5 Å². The highest BCUT2D eigenvalue weighted by atomic mass is 28.3. The molecule has 5 rings (SSSR count). The normalized spacial score (nSPS) is 19.7. The molecule has 10 heteroatoms. The lowest BCUT2D eigenvalue weighted by Gasteiger charge is -2.48. The second-order valence-corrected chi connectivity index (χ2v) is 28.2. The Labute approximate surface area is 284 Å². The Hall–Kier alpha value is -2.80. The predicted octanol–water partition coefficient (Wildman–Crippen LogP) is 8.38. The fraction of sp³-hybridized carbons (Fsp3) is 0.595. The highest BCUT2D eigenvalue weighted by molar-refractivity contribution is 6.76. The first kappa shape index (κ1) is 35.5. The highest BCUT2D eigenvalue weighted by Gasteiger charge is 2.52. The molecule has 1 aromatic carbocycles. The molecule has 1 aliphatic carbocycles. The summed E-state index contributed by atoms with van der Waals surface area (Å²) in [5, 5.41) is 9.84. The Bertz CT molecular complexity index is 1640. The lowest BCUT2D eigenvalue weighted by molar-refractivity contribution is -0.118. The molecule has 1 atom stereocenters. The number of benzene rings is 1. The zero-order chi connectivity index (χ0) is 34.4. The topological polar surface area (TPSA) is 74.4 Å². The second-order valence-electron chi connectivity index (χ2n) is 16.9. The monoisotopic (exact) mass is 675 g/mol. The minimum absolute atomic E-state index is 0.166. The number of carbonyl (C=O) groups is 1. The largest absolute Gasteiger partial charge is 0.361 e. The van der Waals surface area contributed by atoms with Gasteiger partial charge in [-0.15, -0.1) is 0 Å². The quantitative estimate of drug-likeness (QED) is 0.134. The van der Waals surface area contributed by atoms with Gasteiger partial charge in [0.15, 0.2) is 11.6 Å². The molecule has 0 saturated carbocycles. The molecule has 0 radical (unpaired) electrons. The average Bonchev–Trinajstić information content (AvgIpc) is 3.54. The van der Waals surface area contributed by atoms with Crippen LogP contribution in [0.15, 0.2) is 47.9 Å². The van der Waals surface area contributed by atoms with Gasteiger partial charge < -0.3 is 14.4 Å². The standard InChI is InChI=1S/C37H57N5O3Si2/c1-12-37(29-15-13-14-28(20-29)30-23-40(5)38-27(30)2)31-24-41(25-44-16-18-46(6,7)8)39-35(31)42(26-45-17-19-47(9,10)11)32-21-36(3,4)22-33(43)34(32)37/h13-15,20,23-24H,12,16-19,21-22,25-26H2,1-11H3. The summed E-state index contributed by atoms with van der Waals surface area (Å²) >= 11 is 0. The van der Waals surface area contributed by atoms with Crippen molar-refractivity contribution in [2.75, 3.05) is 24.8 Å². The number of rotatable bonds is 13. The molecule has 3 heterocycles. The number of hydrogen-bond donors (Lipinski definition) is 0. The van der Waals surface area contributed by atoms with Crippen LogP contribution in [0, 0.1) is 12.3 Å². The van der Waals surface area contributed by atoms with E-state index in [1.807, 2.05) is 16.4 Å². The SMILES string of the molecule is CCC1(c2cccc(-c3cn(C)nc3C)c2)C2=C(CC(C)(C)CC2=O)N(COCC[Si](C)(C)C)c2nn(COCC[Si](C)(C)C)cc21. The summed E-state index contributed by atoms with van der Waals surface area (Å²) in [6.07, 6.45) is 6.25. The first-order valence-electron chi connectivity index (χ1n) is 17.3. The number of allylic oxidation sites excluding steroid dienone is 2. The maximum Gasteiger partial charge on any atom is 0.162 e. The summed E-state index contributed by atoms with van der Waals surface area (Å²) in [7, 11) is -0.537. The van der Waals surface area contributed by atoms with Crippen LogP contribution >= 0.6 is 0 Å². The zero-order valence-corrected chi connectivity index (χ0v) is 32.8. The average molecular weight is 676 g/mol. The van der Waals surface area contributed by atoms with Crippen LogP contribution in [0.2, 0.25) is 51.4 Å². The fourth-order valence-corrected chi connectivity index (χ4v) is 8.67. The Kier molecular flexibility index (Phi) is 10.0. The van der Waals surface area contributed by atoms with Gasteiger partial charge in [0.05, 0.1) is 11.1 Å². The third-order valence-corrected chi connectivity index (χ3v) is 13.1. The number of hydrogen-bond acceptors (Lipinski definition) is 6. The van der Waals surface area contributed by atoms with E-state index in [9.17, 15) is 4.79 Å². The summed E-state index contributed by atoms with van der Waals surface area (Å²) in [6, 6.07) is 10.9. The molecule has 3 aromatic rings. The van der Waals surface area contributed by atoms with Gasteiger partial charge >= 0.3 is 0 Å². The van der Waals surface area contributed by atoms with Crippen LogP contribution in [0.25, 0.3) is 11.1 Å². The van der Waals surface area contributed by atoms with Crippen LogP contribution in [0.3, 0.4) is 0 Å². The van der Waals surface area contributed by atoms with Gasteiger partial charge in [-0.25, -0.2) is 4.68 Å². The van der Waals surface area contributed by atoms with Crippen LogP contribution in [0.5, 0.6) is 0 Å². The summed E-state index contributed by atoms with van der Waals surface area (Å²) in [4.78, 5) is 16.8. The third kappa shape index (κ3) is 7.61. The first-order chi connectivity index (χ1) is 21.9. The van der Waals surface area contributed by atoms with Crippen molar-refractivity contribution in [1.82, 2.24) is 19.6 Å². The van der Waals surface area contributed by atoms with Crippen molar-refractivity contribution >= 4 is 27.7 Å². The number of aryl methyl sites for hydroxylation is 2. The Morgan fingerprint density at radius 3 is 2.17 bits per heavy atom. The third-order valence-electron chi connectivity index (χ3n) is 9.71. The van der Waals surface area contributed by atoms with E-state index in [0.29, 0.717) is 26.5 Å². The molecule has 1 aliphatic heterocycles. The van der Waals surface area contributed by atoms with Crippen molar-refractivity contribution < 1.29 is 14.3 Å². The van der Waals surface area contributed by atoms with Crippen LogP contribution < -0.4 is 4.90 Å². The van der Waals surface area contributed by atoms with Crippen LogP contribution in [0.1, 0.15) is 56.9 Å². The molecule has 0 spiro atoms. The van der Waals surface area contributed by atoms with E-state index in [0.717, 1.165) is 76.6 Å². The van der Waals surface area contributed by atoms with Crippen molar-refractivity contribution in [2.24, 2.45) is 12.5 Å². The summed E-state index contributed by atoms with van der Waals surface area (Å²) < 4.78 is 16.5. The molecule has 47 heavy (non-hydrogen) atoms. The molecule has 0 N–H and O–H groups in total. The van der Waals surface area contributed by atoms with Gasteiger partial charge in [0.2, 0.25) is 0 Å². The van der Waals surface area contributed by atoms with E-state index in [1.165, 1.54) is 0 Å². The number of nitrogens with zero attached hydrogens (tertiary/aromatic N) is 5. The van der Waals surface area contributed by atoms with Crippen molar-refractivity contribution in [3.8, 4) is 11.1 Å². The van der Waals surface area contributed by atoms with Gasteiger partial charge in [0, 0.05) is 77.6 Å². The van der Waals surface area contributed by atoms with E-state index in [4.69, 9.17) is 14.6 Å². The molecule has 8 nitrogen and oxygen atoms in total. The molecule has 2 aromatic heterocycles. The lowest BCUT2D eigenvalue weighted by Crippen LogP contribution is -2.47. The van der Waals surface area contributed by atoms with E-state index in [1.54, 1.807) is 0 Å². The maximum atomic E-state index is 14.6. The van der Waals surface area contributed by atoms with Gasteiger partial charge in [0.25, 0.3) is 0 Å². The molecule has 0 amide bonds. The van der Waals surface area contributed by atoms with Gasteiger partial charge in [0.1, 0.15) is 13.5 Å². The second kappa shape index (κ2) is 13.3. The first-order valence-corrected chi connectivity index (χ1v) is 24.7. The summed E-state index contributed by atoms with van der Waals surface area (Å²) in [5.74, 6) is 1.10. The number of anilines is 1.